The van der Waals surface area contributed by atoms with Crippen molar-refractivity contribution in [2.24, 2.45) is 17.6 Å². The topological polar surface area (TPSA) is 64.3 Å². The molecule has 1 fully saturated rings. The first-order valence-electron chi connectivity index (χ1n) is 7.16. The number of carbonyl (C=O) groups excluding carboxylic acids is 1. The molecule has 0 bridgehead atoms. The van der Waals surface area contributed by atoms with Crippen LogP contribution >= 0.6 is 0 Å². The predicted octanol–water partition coefficient (Wildman–Crippen LogP) is 1.68. The summed E-state index contributed by atoms with van der Waals surface area (Å²) in [6.07, 6.45) is 3.97. The summed E-state index contributed by atoms with van der Waals surface area (Å²) in [5, 5.41) is 3.07. The normalized spacial score (nSPS) is 25.4. The molecule has 1 aliphatic carbocycles. The molecule has 0 aromatic rings. The average molecular weight is 256 g/mol. The molecule has 1 aliphatic rings. The van der Waals surface area contributed by atoms with E-state index in [2.05, 4.69) is 19.2 Å². The first-order valence-corrected chi connectivity index (χ1v) is 7.16. The van der Waals surface area contributed by atoms with Crippen LogP contribution in [0.4, 0.5) is 0 Å². The summed E-state index contributed by atoms with van der Waals surface area (Å²) in [4.78, 5) is 12.0. The lowest BCUT2D eigenvalue weighted by atomic mass is 10.0. The number of nitrogens with one attached hydrogen (secondary N) is 1. The van der Waals surface area contributed by atoms with Crippen molar-refractivity contribution in [3.63, 3.8) is 0 Å². The lowest BCUT2D eigenvalue weighted by molar-refractivity contribution is -0.132. The van der Waals surface area contributed by atoms with E-state index in [1.54, 1.807) is 0 Å². The monoisotopic (exact) mass is 256 g/mol. The second-order valence-electron chi connectivity index (χ2n) is 5.74. The molecule has 0 saturated heterocycles. The maximum Gasteiger partial charge on any atom is 0.249 e. The van der Waals surface area contributed by atoms with Gasteiger partial charge in [0.15, 0.2) is 0 Å². The lowest BCUT2D eigenvalue weighted by Gasteiger charge is -2.22. The summed E-state index contributed by atoms with van der Waals surface area (Å²) in [6, 6.07) is 0.249. The molecule has 1 saturated carbocycles. The summed E-state index contributed by atoms with van der Waals surface area (Å²) in [7, 11) is 0. The Morgan fingerprint density at radius 2 is 2.11 bits per heavy atom. The average Bonchev–Trinajstić information content (AvgIpc) is 2.75. The molecule has 1 rings (SSSR count). The highest BCUT2D eigenvalue weighted by Gasteiger charge is 2.28. The van der Waals surface area contributed by atoms with Crippen molar-refractivity contribution < 1.29 is 9.53 Å². The first kappa shape index (κ1) is 15.4. The largest absolute Gasteiger partial charge is 0.369 e. The van der Waals surface area contributed by atoms with Gasteiger partial charge in [-0.3, -0.25) is 4.79 Å². The summed E-state index contributed by atoms with van der Waals surface area (Å²) in [5.74, 6) is 1.05. The van der Waals surface area contributed by atoms with Gasteiger partial charge in [0.25, 0.3) is 0 Å². The van der Waals surface area contributed by atoms with Crippen molar-refractivity contribution in [1.82, 2.24) is 5.32 Å². The van der Waals surface area contributed by atoms with Crippen LogP contribution in [0.5, 0.6) is 0 Å². The number of amides is 1. The standard InChI is InChI=1S/C14H28N2O2/c1-10(2)7-8-18-11(3)14(17)16-13-6-4-5-12(13)9-15/h10-13H,4-9,15H2,1-3H3,(H,16,17). The molecule has 4 nitrogen and oxygen atoms in total. The van der Waals surface area contributed by atoms with Crippen molar-refractivity contribution in [2.75, 3.05) is 13.2 Å². The minimum Gasteiger partial charge on any atom is -0.369 e. The third-order valence-corrected chi connectivity index (χ3v) is 3.72. The smallest absolute Gasteiger partial charge is 0.249 e. The van der Waals surface area contributed by atoms with Crippen LogP contribution in [0.25, 0.3) is 0 Å². The van der Waals surface area contributed by atoms with Gasteiger partial charge in [-0.1, -0.05) is 20.3 Å². The number of rotatable bonds is 7. The van der Waals surface area contributed by atoms with Gasteiger partial charge in [0.1, 0.15) is 6.10 Å². The van der Waals surface area contributed by atoms with Crippen molar-refractivity contribution in [1.29, 1.82) is 0 Å². The highest BCUT2D eigenvalue weighted by atomic mass is 16.5. The Hall–Kier alpha value is -0.610. The molecular weight excluding hydrogens is 228 g/mol. The molecule has 0 radical (unpaired) electrons. The van der Waals surface area contributed by atoms with Gasteiger partial charge in [0, 0.05) is 12.6 Å². The number of ether oxygens (including phenoxy) is 1. The van der Waals surface area contributed by atoms with E-state index in [9.17, 15) is 4.79 Å². The Kier molecular flexibility index (Phi) is 6.65. The molecule has 18 heavy (non-hydrogen) atoms. The van der Waals surface area contributed by atoms with Gasteiger partial charge >= 0.3 is 0 Å². The predicted molar refractivity (Wildman–Crippen MR) is 73.2 cm³/mol. The third-order valence-electron chi connectivity index (χ3n) is 3.72. The Balaban J connectivity index is 2.26. The van der Waals surface area contributed by atoms with E-state index in [1.807, 2.05) is 6.92 Å². The Bertz CT molecular complexity index is 256. The van der Waals surface area contributed by atoms with Crippen molar-refractivity contribution >= 4 is 5.91 Å². The Labute approximate surface area is 111 Å². The zero-order chi connectivity index (χ0) is 13.5. The van der Waals surface area contributed by atoms with Gasteiger partial charge in [0.05, 0.1) is 0 Å². The van der Waals surface area contributed by atoms with Crippen molar-refractivity contribution in [3.05, 3.63) is 0 Å². The second kappa shape index (κ2) is 7.74. The van der Waals surface area contributed by atoms with Gasteiger partial charge in [-0.05, 0) is 44.6 Å². The van der Waals surface area contributed by atoms with E-state index >= 15 is 0 Å². The number of carbonyl (C=O) groups is 1. The van der Waals surface area contributed by atoms with E-state index in [0.717, 1.165) is 25.7 Å². The minimum absolute atomic E-state index is 0.00380. The molecule has 3 atom stereocenters. The highest BCUT2D eigenvalue weighted by molar-refractivity contribution is 5.80. The summed E-state index contributed by atoms with van der Waals surface area (Å²) in [6.45, 7) is 7.43. The zero-order valence-corrected chi connectivity index (χ0v) is 11.9. The first-order chi connectivity index (χ1) is 8.54. The van der Waals surface area contributed by atoms with Gasteiger partial charge in [-0.2, -0.15) is 0 Å². The number of hydrogen-bond donors (Lipinski definition) is 2. The fourth-order valence-corrected chi connectivity index (χ4v) is 2.37. The van der Waals surface area contributed by atoms with Crippen molar-refractivity contribution in [2.45, 2.75) is 58.6 Å². The molecule has 106 valence electrons. The second-order valence-corrected chi connectivity index (χ2v) is 5.74. The molecule has 1 amide bonds. The van der Waals surface area contributed by atoms with E-state index in [1.165, 1.54) is 0 Å². The van der Waals surface area contributed by atoms with E-state index < -0.39 is 0 Å². The van der Waals surface area contributed by atoms with Crippen LogP contribution < -0.4 is 11.1 Å². The van der Waals surface area contributed by atoms with Gasteiger partial charge in [-0.15, -0.1) is 0 Å². The van der Waals surface area contributed by atoms with Gasteiger partial charge in [0.2, 0.25) is 5.91 Å². The third kappa shape index (κ3) is 4.94. The SMILES string of the molecule is CC(C)CCOC(C)C(=O)NC1CCCC1CN. The highest BCUT2D eigenvalue weighted by Crippen LogP contribution is 2.24. The molecule has 3 unspecified atom stereocenters. The van der Waals surface area contributed by atoms with E-state index in [4.69, 9.17) is 10.5 Å². The fourth-order valence-electron chi connectivity index (χ4n) is 2.37. The van der Waals surface area contributed by atoms with Crippen LogP contribution in [0.1, 0.15) is 46.5 Å². The molecule has 0 aromatic heterocycles. The maximum absolute atomic E-state index is 12.0. The fraction of sp³-hybridized carbons (Fsp3) is 0.929. The van der Waals surface area contributed by atoms with Crippen LogP contribution in [0, 0.1) is 11.8 Å². The molecule has 0 spiro atoms. The number of hydrogen-bond acceptors (Lipinski definition) is 3. The van der Waals surface area contributed by atoms with E-state index in [0.29, 0.717) is 25.0 Å². The van der Waals surface area contributed by atoms with Crippen LogP contribution in [0.2, 0.25) is 0 Å². The molecule has 0 aromatic carbocycles. The molecule has 4 heteroatoms. The minimum atomic E-state index is -0.359. The maximum atomic E-state index is 12.0. The summed E-state index contributed by atoms with van der Waals surface area (Å²) >= 11 is 0. The van der Waals surface area contributed by atoms with Crippen LogP contribution in [0.15, 0.2) is 0 Å². The van der Waals surface area contributed by atoms with Crippen molar-refractivity contribution in [3.8, 4) is 0 Å². The summed E-state index contributed by atoms with van der Waals surface area (Å²) in [5.41, 5.74) is 5.71. The lowest BCUT2D eigenvalue weighted by Crippen LogP contribution is -2.44. The van der Waals surface area contributed by atoms with E-state index in [-0.39, 0.29) is 18.1 Å². The molecule has 0 aliphatic heterocycles. The Morgan fingerprint density at radius 1 is 1.39 bits per heavy atom. The van der Waals surface area contributed by atoms with Crippen LogP contribution in [0.3, 0.4) is 0 Å². The van der Waals surface area contributed by atoms with Gasteiger partial charge in [-0.25, -0.2) is 0 Å². The molecule has 0 heterocycles. The molecular formula is C14H28N2O2. The summed E-state index contributed by atoms with van der Waals surface area (Å²) < 4.78 is 5.55. The molecule has 3 N–H and O–H groups in total. The quantitative estimate of drug-likeness (QED) is 0.728. The zero-order valence-electron chi connectivity index (χ0n) is 11.9. The number of nitrogens with two attached hydrogens (primary N) is 1. The Morgan fingerprint density at radius 3 is 2.72 bits per heavy atom. The van der Waals surface area contributed by atoms with Crippen LogP contribution in [-0.4, -0.2) is 31.2 Å². The van der Waals surface area contributed by atoms with Crippen LogP contribution in [-0.2, 0) is 9.53 Å². The van der Waals surface area contributed by atoms with Gasteiger partial charge < -0.3 is 15.8 Å².